The first kappa shape index (κ1) is 13.4. The number of oxime groups is 1. The molecule has 1 aromatic rings. The third-order valence-corrected chi connectivity index (χ3v) is 2.29. The van der Waals surface area contributed by atoms with Crippen LogP contribution in [0.3, 0.4) is 0 Å². The third-order valence-electron chi connectivity index (χ3n) is 1.96. The Morgan fingerprint density at radius 3 is 2.94 bits per heavy atom. The Labute approximate surface area is 103 Å². The van der Waals surface area contributed by atoms with E-state index in [0.717, 1.165) is 0 Å². The minimum Gasteiger partial charge on any atom is -0.297 e. The van der Waals surface area contributed by atoms with Crippen LogP contribution < -0.4 is 5.32 Å². The molecule has 0 bridgehead atoms. The van der Waals surface area contributed by atoms with Gasteiger partial charge in [0.15, 0.2) is 0 Å². The zero-order chi connectivity index (χ0) is 12.8. The Hall–Kier alpha value is -1.62. The van der Waals surface area contributed by atoms with Crippen LogP contribution in [0, 0.1) is 12.7 Å². The molecule has 0 aliphatic heterocycles. The predicted octanol–water partition coefficient (Wildman–Crippen LogP) is 3.64. The standard InChI is InChI=1S/C11H12ClFN2O2/c1-3-10(12)15-17-11(16)14-9-6-8(13)5-4-7(9)2/h4-6H,3H2,1-2H3,(H,14,16). The molecule has 0 atom stereocenters. The maximum atomic E-state index is 12.9. The van der Waals surface area contributed by atoms with Crippen molar-refractivity contribution in [2.75, 3.05) is 5.32 Å². The molecule has 1 amide bonds. The normalized spacial score (nSPS) is 11.2. The van der Waals surface area contributed by atoms with Crippen molar-refractivity contribution in [3.63, 3.8) is 0 Å². The highest BCUT2D eigenvalue weighted by Crippen LogP contribution is 2.16. The molecule has 0 fully saturated rings. The fourth-order valence-corrected chi connectivity index (χ4v) is 1.05. The fraction of sp³-hybridized carbons (Fsp3) is 0.273. The number of benzene rings is 1. The summed E-state index contributed by atoms with van der Waals surface area (Å²) in [6.07, 6.45) is -0.348. The molecule has 1 aromatic carbocycles. The van der Waals surface area contributed by atoms with E-state index in [1.165, 1.54) is 12.1 Å². The molecule has 0 saturated heterocycles. The molecule has 4 nitrogen and oxygen atoms in total. The molecule has 0 aliphatic rings. The zero-order valence-corrected chi connectivity index (χ0v) is 10.2. The number of nitrogens with one attached hydrogen (secondary N) is 1. The molecule has 0 spiro atoms. The van der Waals surface area contributed by atoms with Crippen LogP contribution in [0.1, 0.15) is 18.9 Å². The van der Waals surface area contributed by atoms with Crippen molar-refractivity contribution in [1.29, 1.82) is 0 Å². The minimum atomic E-state index is -0.815. The number of nitrogens with zero attached hydrogens (tertiary/aromatic N) is 1. The van der Waals surface area contributed by atoms with Gasteiger partial charge in [0, 0.05) is 12.1 Å². The van der Waals surface area contributed by atoms with Crippen molar-refractivity contribution in [3.8, 4) is 0 Å². The summed E-state index contributed by atoms with van der Waals surface area (Å²) in [7, 11) is 0. The van der Waals surface area contributed by atoms with E-state index < -0.39 is 11.9 Å². The van der Waals surface area contributed by atoms with Crippen molar-refractivity contribution in [2.45, 2.75) is 20.3 Å². The number of amides is 1. The number of hydrogen-bond acceptors (Lipinski definition) is 3. The lowest BCUT2D eigenvalue weighted by molar-refractivity contribution is 0.166. The maximum Gasteiger partial charge on any atom is 0.437 e. The molecule has 0 saturated carbocycles. The molecule has 0 aliphatic carbocycles. The molecule has 1 rings (SSSR count). The molecular formula is C11H12ClFN2O2. The largest absolute Gasteiger partial charge is 0.437 e. The van der Waals surface area contributed by atoms with Crippen LogP contribution in [0.5, 0.6) is 0 Å². The van der Waals surface area contributed by atoms with Gasteiger partial charge in [0.05, 0.1) is 0 Å². The maximum absolute atomic E-state index is 12.9. The second-order valence-corrected chi connectivity index (χ2v) is 3.72. The van der Waals surface area contributed by atoms with E-state index in [4.69, 9.17) is 11.6 Å². The summed E-state index contributed by atoms with van der Waals surface area (Å²) in [6.45, 7) is 3.50. The van der Waals surface area contributed by atoms with Crippen LogP contribution in [0.2, 0.25) is 0 Å². The van der Waals surface area contributed by atoms with Crippen molar-refractivity contribution in [1.82, 2.24) is 0 Å². The second kappa shape index (κ2) is 6.20. The molecule has 0 heterocycles. The average Bonchev–Trinajstić information content (AvgIpc) is 2.30. The molecule has 0 aromatic heterocycles. The Bertz CT molecular complexity index is 449. The first-order valence-corrected chi connectivity index (χ1v) is 5.37. The molecule has 1 N–H and O–H groups in total. The summed E-state index contributed by atoms with van der Waals surface area (Å²) >= 11 is 5.55. The lowest BCUT2D eigenvalue weighted by atomic mass is 10.2. The SMILES string of the molecule is CCC(Cl)=NOC(=O)Nc1cc(F)ccc1C. The second-order valence-electron chi connectivity index (χ2n) is 3.28. The van der Waals surface area contributed by atoms with Crippen LogP contribution in [0.15, 0.2) is 23.4 Å². The molecular weight excluding hydrogens is 247 g/mol. The number of carbonyl (C=O) groups is 1. The first-order valence-electron chi connectivity index (χ1n) is 4.99. The van der Waals surface area contributed by atoms with Gasteiger partial charge in [-0.15, -0.1) is 0 Å². The number of aryl methyl sites for hydroxylation is 1. The van der Waals surface area contributed by atoms with Crippen molar-refractivity contribution in [3.05, 3.63) is 29.6 Å². The Kier molecular flexibility index (Phi) is 4.90. The van der Waals surface area contributed by atoms with E-state index in [0.29, 0.717) is 17.7 Å². The van der Waals surface area contributed by atoms with E-state index in [2.05, 4.69) is 15.3 Å². The van der Waals surface area contributed by atoms with Crippen molar-refractivity contribution < 1.29 is 14.0 Å². The third kappa shape index (κ3) is 4.40. The van der Waals surface area contributed by atoms with Gasteiger partial charge in [-0.3, -0.25) is 10.2 Å². The van der Waals surface area contributed by atoms with Gasteiger partial charge in [0.1, 0.15) is 11.0 Å². The number of halogens is 2. The van der Waals surface area contributed by atoms with Crippen molar-refractivity contribution in [2.24, 2.45) is 5.16 Å². The predicted molar refractivity (Wildman–Crippen MR) is 64.8 cm³/mol. The van der Waals surface area contributed by atoms with Gasteiger partial charge in [-0.1, -0.05) is 29.7 Å². The molecule has 0 unspecified atom stereocenters. The van der Waals surface area contributed by atoms with E-state index in [9.17, 15) is 9.18 Å². The summed E-state index contributed by atoms with van der Waals surface area (Å²) in [6, 6.07) is 4.05. The lowest BCUT2D eigenvalue weighted by Gasteiger charge is -2.06. The highest BCUT2D eigenvalue weighted by molar-refractivity contribution is 6.65. The van der Waals surface area contributed by atoms with Gasteiger partial charge in [0.25, 0.3) is 0 Å². The van der Waals surface area contributed by atoms with Gasteiger partial charge in [-0.2, -0.15) is 0 Å². The lowest BCUT2D eigenvalue weighted by Crippen LogP contribution is -2.12. The van der Waals surface area contributed by atoms with Crippen LogP contribution in [-0.2, 0) is 4.84 Å². The summed E-state index contributed by atoms with van der Waals surface area (Å²) in [5.41, 5.74) is 1.05. The highest BCUT2D eigenvalue weighted by Gasteiger charge is 2.06. The van der Waals surface area contributed by atoms with Gasteiger partial charge >= 0.3 is 6.09 Å². The molecule has 6 heteroatoms. The van der Waals surface area contributed by atoms with Crippen molar-refractivity contribution >= 4 is 28.6 Å². The zero-order valence-electron chi connectivity index (χ0n) is 9.46. The minimum absolute atomic E-state index is 0.177. The van der Waals surface area contributed by atoms with E-state index >= 15 is 0 Å². The van der Waals surface area contributed by atoms with Crippen LogP contribution >= 0.6 is 11.6 Å². The van der Waals surface area contributed by atoms with Crippen LogP contribution in [-0.4, -0.2) is 11.3 Å². The van der Waals surface area contributed by atoms with Gasteiger partial charge in [-0.05, 0) is 24.6 Å². The molecule has 17 heavy (non-hydrogen) atoms. The Morgan fingerprint density at radius 1 is 1.59 bits per heavy atom. The monoisotopic (exact) mass is 258 g/mol. The topological polar surface area (TPSA) is 50.7 Å². The van der Waals surface area contributed by atoms with Crippen LogP contribution in [0.4, 0.5) is 14.9 Å². The number of hydrogen-bond donors (Lipinski definition) is 1. The summed E-state index contributed by atoms with van der Waals surface area (Å²) in [5.74, 6) is -0.444. The average molecular weight is 259 g/mol. The van der Waals surface area contributed by atoms with E-state index in [1.807, 2.05) is 0 Å². The highest BCUT2D eigenvalue weighted by atomic mass is 35.5. The Balaban J connectivity index is 2.65. The number of anilines is 1. The summed E-state index contributed by atoms with van der Waals surface area (Å²) in [4.78, 5) is 15.8. The van der Waals surface area contributed by atoms with E-state index in [1.54, 1.807) is 19.9 Å². The van der Waals surface area contributed by atoms with Crippen LogP contribution in [0.25, 0.3) is 0 Å². The fourth-order valence-electron chi connectivity index (χ4n) is 1.02. The molecule has 92 valence electrons. The number of carbonyl (C=O) groups excluding carboxylic acids is 1. The quantitative estimate of drug-likeness (QED) is 0.511. The van der Waals surface area contributed by atoms with Gasteiger partial charge < -0.3 is 0 Å². The summed E-state index contributed by atoms with van der Waals surface area (Å²) < 4.78 is 12.9. The van der Waals surface area contributed by atoms with Gasteiger partial charge in [0.2, 0.25) is 0 Å². The number of rotatable bonds is 3. The van der Waals surface area contributed by atoms with Gasteiger partial charge in [-0.25, -0.2) is 9.18 Å². The summed E-state index contributed by atoms with van der Waals surface area (Å²) in [5, 5.41) is 5.91. The smallest absolute Gasteiger partial charge is 0.297 e. The van der Waals surface area contributed by atoms with E-state index in [-0.39, 0.29) is 5.17 Å². The first-order chi connectivity index (χ1) is 8.02. The molecule has 0 radical (unpaired) electrons. The Morgan fingerprint density at radius 2 is 2.29 bits per heavy atom.